The predicted octanol–water partition coefficient (Wildman–Crippen LogP) is 5.87. The lowest BCUT2D eigenvalue weighted by atomic mass is 10.0. The van der Waals surface area contributed by atoms with Gasteiger partial charge in [0.15, 0.2) is 0 Å². The van der Waals surface area contributed by atoms with Crippen molar-refractivity contribution < 1.29 is 21.6 Å². The molecule has 0 unspecified atom stereocenters. The molecule has 4 aromatic rings. The van der Waals surface area contributed by atoms with Crippen LogP contribution in [0.4, 0.5) is 24.7 Å². The minimum absolute atomic E-state index is 0.180. The second-order valence-corrected chi connectivity index (χ2v) is 10.2. The molecule has 0 saturated carbocycles. The summed E-state index contributed by atoms with van der Waals surface area (Å²) in [5.41, 5.74) is 0.300. The number of halogens is 3. The Kier molecular flexibility index (Phi) is 7.23. The largest absolute Gasteiger partial charge is 0.418 e. The van der Waals surface area contributed by atoms with E-state index in [1.165, 1.54) is 47.2 Å². The normalized spacial score (nSPS) is 12.3. The maximum Gasteiger partial charge on any atom is 0.418 e. The number of anilines is 2. The third kappa shape index (κ3) is 5.31. The van der Waals surface area contributed by atoms with Gasteiger partial charge in [-0.3, -0.25) is 4.98 Å². The minimum atomic E-state index is -4.54. The van der Waals surface area contributed by atoms with Gasteiger partial charge in [0.05, 0.1) is 21.7 Å². The number of benzene rings is 2. The number of aromatic nitrogens is 3. The molecule has 36 heavy (non-hydrogen) atoms. The van der Waals surface area contributed by atoms with Crippen molar-refractivity contribution in [2.45, 2.75) is 30.8 Å². The Morgan fingerprint density at radius 3 is 2.44 bits per heavy atom. The van der Waals surface area contributed by atoms with Crippen LogP contribution in [0.1, 0.15) is 25.3 Å². The summed E-state index contributed by atoms with van der Waals surface area (Å²) in [5, 5.41) is 3.71. The molecule has 0 atom stereocenters. The maximum atomic E-state index is 13.4. The van der Waals surface area contributed by atoms with Crippen LogP contribution < -0.4 is 5.32 Å². The van der Waals surface area contributed by atoms with Gasteiger partial charge in [0.1, 0.15) is 12.1 Å². The molecule has 2 heterocycles. The van der Waals surface area contributed by atoms with Crippen LogP contribution in [0.15, 0.2) is 72.0 Å². The van der Waals surface area contributed by atoms with Crippen LogP contribution in [0.3, 0.4) is 0 Å². The molecular formula is C25H24F3N5O2S. The summed E-state index contributed by atoms with van der Waals surface area (Å²) in [6.45, 7) is 2.44. The van der Waals surface area contributed by atoms with E-state index in [-0.39, 0.29) is 16.2 Å². The van der Waals surface area contributed by atoms with E-state index in [0.29, 0.717) is 29.0 Å². The first-order valence-corrected chi connectivity index (χ1v) is 12.7. The molecular weight excluding hydrogens is 491 g/mol. The number of nitrogens with zero attached hydrogens (tertiary/aromatic N) is 4. The van der Waals surface area contributed by atoms with Crippen molar-refractivity contribution in [2.24, 2.45) is 0 Å². The molecule has 0 saturated heterocycles. The van der Waals surface area contributed by atoms with Crippen molar-refractivity contribution in [2.75, 3.05) is 18.9 Å². The number of hydrogen-bond donors (Lipinski definition) is 1. The van der Waals surface area contributed by atoms with Gasteiger partial charge in [-0.2, -0.15) is 13.2 Å². The van der Waals surface area contributed by atoms with E-state index in [1.807, 2.05) is 6.92 Å². The molecule has 0 bridgehead atoms. The first-order valence-electron chi connectivity index (χ1n) is 11.2. The number of hydrogen-bond acceptors (Lipinski definition) is 6. The van der Waals surface area contributed by atoms with E-state index < -0.39 is 21.8 Å². The summed E-state index contributed by atoms with van der Waals surface area (Å²) < 4.78 is 67.1. The molecule has 2 aromatic carbocycles. The van der Waals surface area contributed by atoms with E-state index in [0.717, 1.165) is 18.9 Å². The highest BCUT2D eigenvalue weighted by Gasteiger charge is 2.34. The van der Waals surface area contributed by atoms with Crippen LogP contribution in [0.2, 0.25) is 0 Å². The lowest BCUT2D eigenvalue weighted by molar-refractivity contribution is -0.137. The lowest BCUT2D eigenvalue weighted by Crippen LogP contribution is -2.27. The second kappa shape index (κ2) is 10.2. The van der Waals surface area contributed by atoms with Crippen LogP contribution in [0, 0.1) is 0 Å². The third-order valence-electron chi connectivity index (χ3n) is 5.67. The SMILES string of the molecule is CCCCN(C)S(=O)(=O)c1ccc(Nc2ncnc3cc(-c4ncccc4C(F)(F)F)ccc23)cc1. The average Bonchev–Trinajstić information content (AvgIpc) is 2.87. The summed E-state index contributed by atoms with van der Waals surface area (Å²) in [5.74, 6) is 0.430. The van der Waals surface area contributed by atoms with E-state index in [2.05, 4.69) is 20.3 Å². The molecule has 0 aliphatic rings. The molecule has 0 aliphatic heterocycles. The molecule has 11 heteroatoms. The Morgan fingerprint density at radius 1 is 1.00 bits per heavy atom. The Balaban J connectivity index is 1.61. The summed E-state index contributed by atoms with van der Waals surface area (Å²) in [6, 6.07) is 13.2. The molecule has 0 spiro atoms. The smallest absolute Gasteiger partial charge is 0.340 e. The third-order valence-corrected chi connectivity index (χ3v) is 7.55. The Hall–Kier alpha value is -3.57. The first kappa shape index (κ1) is 25.5. The van der Waals surface area contributed by atoms with E-state index in [9.17, 15) is 21.6 Å². The Labute approximate surface area is 207 Å². The topological polar surface area (TPSA) is 88.1 Å². The average molecular weight is 516 g/mol. The number of nitrogens with one attached hydrogen (secondary N) is 1. The molecule has 2 aromatic heterocycles. The minimum Gasteiger partial charge on any atom is -0.340 e. The zero-order valence-corrected chi connectivity index (χ0v) is 20.4. The molecule has 7 nitrogen and oxygen atoms in total. The van der Waals surface area contributed by atoms with Crippen LogP contribution in [0.25, 0.3) is 22.2 Å². The second-order valence-electron chi connectivity index (χ2n) is 8.18. The van der Waals surface area contributed by atoms with Crippen LogP contribution in [-0.4, -0.2) is 41.3 Å². The highest BCUT2D eigenvalue weighted by Crippen LogP contribution is 2.37. The van der Waals surface area contributed by atoms with Gasteiger partial charge < -0.3 is 5.32 Å². The van der Waals surface area contributed by atoms with Crippen molar-refractivity contribution in [3.05, 3.63) is 72.7 Å². The van der Waals surface area contributed by atoms with Crippen LogP contribution in [-0.2, 0) is 16.2 Å². The summed E-state index contributed by atoms with van der Waals surface area (Å²) in [7, 11) is -2.03. The van der Waals surface area contributed by atoms with Crippen molar-refractivity contribution in [3.8, 4) is 11.3 Å². The monoisotopic (exact) mass is 515 g/mol. The Morgan fingerprint density at radius 2 is 1.75 bits per heavy atom. The van der Waals surface area contributed by atoms with Gasteiger partial charge in [0.2, 0.25) is 10.0 Å². The van der Waals surface area contributed by atoms with Crippen molar-refractivity contribution in [1.29, 1.82) is 0 Å². The molecule has 4 rings (SSSR count). The summed E-state index contributed by atoms with van der Waals surface area (Å²) in [6.07, 6.45) is -0.258. The zero-order valence-electron chi connectivity index (χ0n) is 19.6. The van der Waals surface area contributed by atoms with Gasteiger partial charge in [-0.05, 0) is 55.0 Å². The number of pyridine rings is 1. The fourth-order valence-electron chi connectivity index (χ4n) is 3.70. The Bertz CT molecular complexity index is 1480. The molecule has 0 aliphatic carbocycles. The highest BCUT2D eigenvalue weighted by atomic mass is 32.2. The van der Waals surface area contributed by atoms with Gasteiger partial charge in [0.25, 0.3) is 0 Å². The standard InChI is InChI=1S/C25H24F3N5O2S/c1-3-4-14-33(2)36(34,35)19-10-8-18(9-11-19)32-24-20-12-7-17(15-22(20)30-16-31-24)23-21(25(26,27)28)6-5-13-29-23/h5-13,15-16H,3-4,14H2,1-2H3,(H,30,31,32). The number of unbranched alkanes of at least 4 members (excludes halogenated alkanes) is 1. The summed E-state index contributed by atoms with van der Waals surface area (Å²) in [4.78, 5) is 12.6. The van der Waals surface area contributed by atoms with Gasteiger partial charge in [-0.1, -0.05) is 19.4 Å². The quantitative estimate of drug-likeness (QED) is 0.316. The fraction of sp³-hybridized carbons (Fsp3) is 0.240. The van der Waals surface area contributed by atoms with Gasteiger partial charge in [-0.25, -0.2) is 22.7 Å². The maximum absolute atomic E-state index is 13.4. The number of rotatable bonds is 8. The first-order chi connectivity index (χ1) is 17.1. The zero-order chi connectivity index (χ0) is 25.9. The van der Waals surface area contributed by atoms with E-state index in [1.54, 1.807) is 25.2 Å². The van der Waals surface area contributed by atoms with Gasteiger partial charge in [0, 0.05) is 36.4 Å². The summed E-state index contributed by atoms with van der Waals surface area (Å²) >= 11 is 0. The van der Waals surface area contributed by atoms with Gasteiger partial charge >= 0.3 is 6.18 Å². The lowest BCUT2D eigenvalue weighted by Gasteiger charge is -2.17. The molecule has 0 radical (unpaired) electrons. The molecule has 0 amide bonds. The molecule has 1 N–H and O–H groups in total. The number of sulfonamides is 1. The molecule has 188 valence electrons. The van der Waals surface area contributed by atoms with Crippen molar-refractivity contribution in [1.82, 2.24) is 19.3 Å². The molecule has 0 fully saturated rings. The fourth-order valence-corrected chi connectivity index (χ4v) is 4.91. The highest BCUT2D eigenvalue weighted by molar-refractivity contribution is 7.89. The number of fused-ring (bicyclic) bond motifs is 1. The predicted molar refractivity (Wildman–Crippen MR) is 132 cm³/mol. The van der Waals surface area contributed by atoms with Crippen molar-refractivity contribution in [3.63, 3.8) is 0 Å². The van der Waals surface area contributed by atoms with E-state index in [4.69, 9.17) is 0 Å². The van der Waals surface area contributed by atoms with Crippen LogP contribution in [0.5, 0.6) is 0 Å². The van der Waals surface area contributed by atoms with Crippen LogP contribution >= 0.6 is 0 Å². The number of alkyl halides is 3. The van der Waals surface area contributed by atoms with E-state index >= 15 is 0 Å². The van der Waals surface area contributed by atoms with Gasteiger partial charge in [-0.15, -0.1) is 0 Å². The van der Waals surface area contributed by atoms with Crippen molar-refractivity contribution >= 4 is 32.4 Å².